The third-order valence-corrected chi connectivity index (χ3v) is 4.55. The van der Waals surface area contributed by atoms with E-state index in [1.807, 2.05) is 47.8 Å². The van der Waals surface area contributed by atoms with Crippen LogP contribution < -0.4 is 5.32 Å². The van der Waals surface area contributed by atoms with Gasteiger partial charge in [-0.2, -0.15) is 10.5 Å². The first-order chi connectivity index (χ1) is 13.3. The van der Waals surface area contributed by atoms with Crippen molar-refractivity contribution in [2.24, 2.45) is 0 Å². The number of pyridine rings is 1. The van der Waals surface area contributed by atoms with Crippen LogP contribution in [-0.2, 0) is 0 Å². The summed E-state index contributed by atoms with van der Waals surface area (Å²) in [6, 6.07) is 13.7. The van der Waals surface area contributed by atoms with Gasteiger partial charge in [0.15, 0.2) is 0 Å². The van der Waals surface area contributed by atoms with Crippen molar-refractivity contribution in [3.8, 4) is 27.9 Å². The molecule has 2 N–H and O–H groups in total. The van der Waals surface area contributed by atoms with Crippen molar-refractivity contribution >= 4 is 22.6 Å². The minimum atomic E-state index is 0.238. The lowest BCUT2D eigenvalue weighted by atomic mass is 10.1. The van der Waals surface area contributed by atoms with E-state index in [1.54, 1.807) is 29.9 Å². The highest BCUT2D eigenvalue weighted by Crippen LogP contribution is 2.29. The number of rotatable bonds is 5. The van der Waals surface area contributed by atoms with Gasteiger partial charge in [-0.05, 0) is 29.5 Å². The predicted molar refractivity (Wildman–Crippen MR) is 102 cm³/mol. The summed E-state index contributed by atoms with van der Waals surface area (Å²) in [6.45, 7) is 0. The summed E-state index contributed by atoms with van der Waals surface area (Å²) in [6.07, 6.45) is 5.09. The van der Waals surface area contributed by atoms with Crippen molar-refractivity contribution in [2.75, 3.05) is 5.32 Å². The summed E-state index contributed by atoms with van der Waals surface area (Å²) in [4.78, 5) is 8.83. The molecule has 0 aliphatic rings. The molecule has 4 rings (SSSR count). The Hall–Kier alpha value is -3.90. The molecule has 9 heteroatoms. The van der Waals surface area contributed by atoms with Gasteiger partial charge in [0.25, 0.3) is 0 Å². The maximum Gasteiger partial charge on any atom is 0.216 e. The molecule has 1 aromatic carbocycles. The average Bonchev–Trinajstić information content (AvgIpc) is 3.42. The number of nitriles is 1. The first-order valence-electron chi connectivity index (χ1n) is 7.90. The molecule has 3 aromatic heterocycles. The van der Waals surface area contributed by atoms with Crippen molar-refractivity contribution in [2.45, 2.75) is 0 Å². The van der Waals surface area contributed by atoms with Gasteiger partial charge in [-0.3, -0.25) is 4.98 Å². The molecule has 0 fully saturated rings. The van der Waals surface area contributed by atoms with Gasteiger partial charge in [0.1, 0.15) is 16.6 Å². The Morgan fingerprint density at radius 2 is 2.15 bits per heavy atom. The number of thiazole rings is 1. The number of nitrogens with zero attached hydrogens (tertiary/aromatic N) is 6. The molecule has 0 aliphatic carbocycles. The second-order valence-electron chi connectivity index (χ2n) is 5.41. The fourth-order valence-electron chi connectivity index (χ4n) is 2.37. The molecule has 0 saturated carbocycles. The zero-order chi connectivity index (χ0) is 18.5. The molecule has 3 heterocycles. The average molecular weight is 372 g/mol. The van der Waals surface area contributed by atoms with Crippen LogP contribution in [0.5, 0.6) is 0 Å². The van der Waals surface area contributed by atoms with Crippen LogP contribution in [0.3, 0.4) is 0 Å². The normalized spacial score (nSPS) is 11.1. The highest BCUT2D eigenvalue weighted by Gasteiger charge is 2.08. The molecule has 8 nitrogen and oxygen atoms in total. The molecule has 0 amide bonds. The van der Waals surface area contributed by atoms with Crippen LogP contribution in [0.4, 0.5) is 5.69 Å². The first kappa shape index (κ1) is 16.6. The standard InChI is InChI=1S/C18H12N8S/c19-8-14(17-23-25-26-24-17)10-21-15-5-1-3-12(7-15)16-11-27-18(22-16)13-4-2-6-20-9-13/h1-7,9-11,21H,(H,23,24,25,26). The van der Waals surface area contributed by atoms with Crippen molar-refractivity contribution in [1.29, 1.82) is 5.26 Å². The van der Waals surface area contributed by atoms with Crippen LogP contribution in [0.1, 0.15) is 5.82 Å². The second kappa shape index (κ2) is 7.55. The number of allylic oxidation sites excluding steroid dienone is 1. The highest BCUT2D eigenvalue weighted by molar-refractivity contribution is 7.13. The third kappa shape index (κ3) is 3.70. The highest BCUT2D eigenvalue weighted by atomic mass is 32.1. The van der Waals surface area contributed by atoms with Gasteiger partial charge in [0.2, 0.25) is 5.82 Å². The van der Waals surface area contributed by atoms with E-state index >= 15 is 0 Å². The summed E-state index contributed by atoms with van der Waals surface area (Å²) >= 11 is 1.57. The van der Waals surface area contributed by atoms with Crippen LogP contribution in [0.25, 0.3) is 27.4 Å². The molecule has 0 bridgehead atoms. The zero-order valence-electron chi connectivity index (χ0n) is 13.9. The van der Waals surface area contributed by atoms with Gasteiger partial charge in [-0.25, -0.2) is 4.98 Å². The third-order valence-electron chi connectivity index (χ3n) is 3.66. The quantitative estimate of drug-likeness (QED) is 0.516. The minimum Gasteiger partial charge on any atom is -0.360 e. The van der Waals surface area contributed by atoms with Gasteiger partial charge >= 0.3 is 0 Å². The second-order valence-corrected chi connectivity index (χ2v) is 6.27. The van der Waals surface area contributed by atoms with E-state index in [9.17, 15) is 5.26 Å². The lowest BCUT2D eigenvalue weighted by Crippen LogP contribution is -1.93. The molecule has 0 saturated heterocycles. The molecular formula is C18H12N8S. The number of hydrogen-bond donors (Lipinski definition) is 2. The fourth-order valence-corrected chi connectivity index (χ4v) is 3.19. The summed E-state index contributed by atoms with van der Waals surface area (Å²) in [5.41, 5.74) is 3.94. The minimum absolute atomic E-state index is 0.238. The number of aromatic amines is 1. The Balaban J connectivity index is 1.57. The Morgan fingerprint density at radius 1 is 1.22 bits per heavy atom. The number of benzene rings is 1. The number of aromatic nitrogens is 6. The van der Waals surface area contributed by atoms with Gasteiger partial charge in [-0.15, -0.1) is 21.5 Å². The molecule has 27 heavy (non-hydrogen) atoms. The summed E-state index contributed by atoms with van der Waals surface area (Å²) in [5, 5.41) is 28.6. The summed E-state index contributed by atoms with van der Waals surface area (Å²) in [5.74, 6) is 0.238. The lowest BCUT2D eigenvalue weighted by molar-refractivity contribution is 0.881. The molecule has 0 spiro atoms. The van der Waals surface area contributed by atoms with E-state index in [1.165, 1.54) is 0 Å². The van der Waals surface area contributed by atoms with Crippen LogP contribution in [0.2, 0.25) is 0 Å². The number of hydrogen-bond acceptors (Lipinski definition) is 8. The Morgan fingerprint density at radius 3 is 2.93 bits per heavy atom. The Labute approximate surface area is 158 Å². The number of tetrazole rings is 1. The van der Waals surface area contributed by atoms with Crippen molar-refractivity contribution in [3.05, 3.63) is 66.2 Å². The van der Waals surface area contributed by atoms with E-state index in [-0.39, 0.29) is 11.4 Å². The summed E-state index contributed by atoms with van der Waals surface area (Å²) < 4.78 is 0. The zero-order valence-corrected chi connectivity index (χ0v) is 14.7. The molecule has 0 unspecified atom stereocenters. The maximum absolute atomic E-state index is 9.23. The molecule has 0 radical (unpaired) electrons. The number of anilines is 1. The molecule has 0 atom stereocenters. The van der Waals surface area contributed by atoms with Crippen LogP contribution >= 0.6 is 11.3 Å². The van der Waals surface area contributed by atoms with E-state index in [4.69, 9.17) is 4.98 Å². The summed E-state index contributed by atoms with van der Waals surface area (Å²) in [7, 11) is 0. The SMILES string of the molecule is N#CC(=CNc1cccc(-c2csc(-c3cccnc3)n2)c1)c1nn[nH]n1. The predicted octanol–water partition coefficient (Wildman–Crippen LogP) is 3.36. The molecule has 130 valence electrons. The molecule has 0 aliphatic heterocycles. The molecular weight excluding hydrogens is 360 g/mol. The van der Waals surface area contributed by atoms with Gasteiger partial charge < -0.3 is 5.32 Å². The fraction of sp³-hybridized carbons (Fsp3) is 0. The Kier molecular flexibility index (Phi) is 4.63. The van der Waals surface area contributed by atoms with Gasteiger partial charge in [0, 0.05) is 40.8 Å². The largest absolute Gasteiger partial charge is 0.360 e. The van der Waals surface area contributed by atoms with Gasteiger partial charge in [-0.1, -0.05) is 12.1 Å². The first-order valence-corrected chi connectivity index (χ1v) is 8.78. The number of nitrogens with one attached hydrogen (secondary N) is 2. The van der Waals surface area contributed by atoms with Crippen molar-refractivity contribution < 1.29 is 0 Å². The van der Waals surface area contributed by atoms with Crippen molar-refractivity contribution in [3.63, 3.8) is 0 Å². The van der Waals surface area contributed by atoms with E-state index < -0.39 is 0 Å². The van der Waals surface area contributed by atoms with E-state index in [2.05, 4.69) is 30.9 Å². The monoisotopic (exact) mass is 372 g/mol. The molecule has 4 aromatic rings. The van der Waals surface area contributed by atoms with Gasteiger partial charge in [0.05, 0.1) is 5.69 Å². The topological polar surface area (TPSA) is 116 Å². The van der Waals surface area contributed by atoms with Crippen LogP contribution in [0.15, 0.2) is 60.4 Å². The van der Waals surface area contributed by atoms with E-state index in [0.29, 0.717) is 0 Å². The Bertz CT molecular complexity index is 1110. The van der Waals surface area contributed by atoms with Crippen LogP contribution in [-0.4, -0.2) is 30.6 Å². The lowest BCUT2D eigenvalue weighted by Gasteiger charge is -2.04. The maximum atomic E-state index is 9.23. The van der Waals surface area contributed by atoms with E-state index in [0.717, 1.165) is 27.5 Å². The van der Waals surface area contributed by atoms with Crippen molar-refractivity contribution in [1.82, 2.24) is 30.6 Å². The number of H-pyrrole nitrogens is 1. The van der Waals surface area contributed by atoms with Crippen LogP contribution in [0, 0.1) is 11.3 Å². The smallest absolute Gasteiger partial charge is 0.216 e.